The van der Waals surface area contributed by atoms with E-state index < -0.39 is 12.0 Å². The zero-order valence-corrected chi connectivity index (χ0v) is 11.2. The van der Waals surface area contributed by atoms with Crippen LogP contribution >= 0.6 is 11.8 Å². The topological polar surface area (TPSA) is 20.2 Å². The molecule has 2 unspecified atom stereocenters. The Kier molecular flexibility index (Phi) is 4.28. The first-order valence-electron chi connectivity index (χ1n) is 6.25. The van der Waals surface area contributed by atoms with E-state index >= 15 is 0 Å². The molecule has 18 heavy (non-hydrogen) atoms. The molecular formula is C14H18F2OS. The highest BCUT2D eigenvalue weighted by Gasteiger charge is 2.39. The molecule has 0 saturated heterocycles. The van der Waals surface area contributed by atoms with Crippen LogP contribution in [-0.4, -0.2) is 16.8 Å². The Labute approximate surface area is 111 Å². The van der Waals surface area contributed by atoms with Crippen LogP contribution in [0, 0.1) is 5.92 Å². The van der Waals surface area contributed by atoms with Crippen LogP contribution in [0.25, 0.3) is 0 Å². The second-order valence-electron chi connectivity index (χ2n) is 5.02. The van der Waals surface area contributed by atoms with Gasteiger partial charge in [0.05, 0.1) is 6.10 Å². The van der Waals surface area contributed by atoms with E-state index in [1.165, 1.54) is 0 Å². The summed E-state index contributed by atoms with van der Waals surface area (Å²) in [6.07, 6.45) is 0.194. The van der Waals surface area contributed by atoms with Gasteiger partial charge in [0, 0.05) is 23.5 Å². The van der Waals surface area contributed by atoms with E-state index in [9.17, 15) is 13.9 Å². The molecular weight excluding hydrogens is 254 g/mol. The summed E-state index contributed by atoms with van der Waals surface area (Å²) >= 11 is 1.61. The molecule has 1 saturated carbocycles. The molecule has 1 aliphatic rings. The molecule has 4 heteroatoms. The van der Waals surface area contributed by atoms with E-state index in [-0.39, 0.29) is 18.8 Å². The van der Waals surface area contributed by atoms with Crippen molar-refractivity contribution in [2.24, 2.45) is 5.92 Å². The zero-order chi connectivity index (χ0) is 13.2. The van der Waals surface area contributed by atoms with Gasteiger partial charge in [-0.1, -0.05) is 12.1 Å². The largest absolute Gasteiger partial charge is 0.389 e. The summed E-state index contributed by atoms with van der Waals surface area (Å²) in [6.45, 7) is 1.72. The zero-order valence-electron chi connectivity index (χ0n) is 10.4. The van der Waals surface area contributed by atoms with Gasteiger partial charge >= 0.3 is 0 Å². The number of thioether (sulfide) groups is 1. The number of hydrogen-bond donors (Lipinski definition) is 1. The van der Waals surface area contributed by atoms with Crippen molar-refractivity contribution >= 4 is 11.8 Å². The monoisotopic (exact) mass is 272 g/mol. The van der Waals surface area contributed by atoms with Crippen molar-refractivity contribution < 1.29 is 13.9 Å². The molecule has 1 aromatic carbocycles. The Bertz CT molecular complexity index is 407. The van der Waals surface area contributed by atoms with Gasteiger partial charge in [0.25, 0.3) is 0 Å². The molecule has 1 aromatic rings. The molecule has 2 atom stereocenters. The third-order valence-corrected chi connectivity index (χ3v) is 4.56. The summed E-state index contributed by atoms with van der Waals surface area (Å²) in [5.74, 6) is -1.61. The first-order valence-corrected chi connectivity index (χ1v) is 7.23. The summed E-state index contributed by atoms with van der Waals surface area (Å²) in [4.78, 5) is 1.05. The van der Waals surface area contributed by atoms with Gasteiger partial charge in [-0.05, 0) is 37.0 Å². The van der Waals surface area contributed by atoms with Crippen molar-refractivity contribution in [2.45, 2.75) is 43.1 Å². The molecule has 1 fully saturated rings. The van der Waals surface area contributed by atoms with Crippen LogP contribution in [0.2, 0.25) is 0 Å². The van der Waals surface area contributed by atoms with Crippen molar-refractivity contribution in [2.75, 3.05) is 5.75 Å². The predicted octanol–water partition coefficient (Wildman–Crippen LogP) is 4.27. The molecule has 0 bridgehead atoms. The van der Waals surface area contributed by atoms with Gasteiger partial charge in [-0.2, -0.15) is 0 Å². The minimum atomic E-state index is -2.45. The van der Waals surface area contributed by atoms with Crippen LogP contribution in [0.4, 0.5) is 8.78 Å². The van der Waals surface area contributed by atoms with Crippen LogP contribution in [0.1, 0.15) is 37.9 Å². The van der Waals surface area contributed by atoms with Gasteiger partial charge in [-0.15, -0.1) is 11.8 Å². The van der Waals surface area contributed by atoms with Crippen molar-refractivity contribution in [1.29, 1.82) is 0 Å². The molecule has 0 radical (unpaired) electrons. The Morgan fingerprint density at radius 3 is 2.89 bits per heavy atom. The van der Waals surface area contributed by atoms with E-state index in [4.69, 9.17) is 0 Å². The SMILES string of the molecule is CC(O)c1cccc(SCC2CCC(F)(F)C2)c1. The standard InChI is InChI=1S/C14H18F2OS/c1-10(17)12-3-2-4-13(7-12)18-9-11-5-6-14(15,16)8-11/h2-4,7,10-11,17H,5-6,8-9H2,1H3. The molecule has 1 aliphatic carbocycles. The fourth-order valence-corrected chi connectivity index (χ4v) is 3.37. The Morgan fingerprint density at radius 2 is 2.28 bits per heavy atom. The molecule has 100 valence electrons. The number of benzene rings is 1. The maximum absolute atomic E-state index is 13.0. The molecule has 0 amide bonds. The van der Waals surface area contributed by atoms with Gasteiger partial charge in [0.1, 0.15) is 0 Å². The molecule has 0 aliphatic heterocycles. The van der Waals surface area contributed by atoms with E-state index in [0.717, 1.165) is 16.2 Å². The Hall–Kier alpha value is -0.610. The van der Waals surface area contributed by atoms with Crippen LogP contribution in [0.15, 0.2) is 29.2 Å². The summed E-state index contributed by atoms with van der Waals surface area (Å²) < 4.78 is 26.1. The molecule has 0 aromatic heterocycles. The minimum Gasteiger partial charge on any atom is -0.389 e. The number of aliphatic hydroxyl groups is 1. The normalized spacial score (nSPS) is 24.1. The highest BCUT2D eigenvalue weighted by molar-refractivity contribution is 7.99. The second kappa shape index (κ2) is 5.57. The third kappa shape index (κ3) is 3.69. The second-order valence-corrected chi connectivity index (χ2v) is 6.12. The summed E-state index contributed by atoms with van der Waals surface area (Å²) in [5, 5.41) is 9.49. The van der Waals surface area contributed by atoms with Crippen LogP contribution < -0.4 is 0 Å². The Balaban J connectivity index is 1.89. The Morgan fingerprint density at radius 1 is 1.50 bits per heavy atom. The van der Waals surface area contributed by atoms with Gasteiger partial charge in [-0.25, -0.2) is 8.78 Å². The van der Waals surface area contributed by atoms with Gasteiger partial charge in [0.2, 0.25) is 5.92 Å². The average molecular weight is 272 g/mol. The first kappa shape index (κ1) is 13.8. The number of halogens is 2. The fourth-order valence-electron chi connectivity index (χ4n) is 2.26. The minimum absolute atomic E-state index is 0.0239. The smallest absolute Gasteiger partial charge is 0.248 e. The number of aliphatic hydroxyl groups excluding tert-OH is 1. The maximum atomic E-state index is 13.0. The lowest BCUT2D eigenvalue weighted by Gasteiger charge is -2.11. The van der Waals surface area contributed by atoms with Crippen LogP contribution in [0.3, 0.4) is 0 Å². The third-order valence-electron chi connectivity index (χ3n) is 3.33. The van der Waals surface area contributed by atoms with Crippen LogP contribution in [-0.2, 0) is 0 Å². The quantitative estimate of drug-likeness (QED) is 0.826. The lowest BCUT2D eigenvalue weighted by molar-refractivity contribution is 0.00596. The lowest BCUT2D eigenvalue weighted by Crippen LogP contribution is -2.10. The van der Waals surface area contributed by atoms with Crippen molar-refractivity contribution in [3.05, 3.63) is 29.8 Å². The average Bonchev–Trinajstić information content (AvgIpc) is 2.67. The maximum Gasteiger partial charge on any atom is 0.248 e. The number of hydrogen-bond acceptors (Lipinski definition) is 2. The van der Waals surface area contributed by atoms with E-state index in [1.807, 2.05) is 24.3 Å². The van der Waals surface area contributed by atoms with Crippen molar-refractivity contribution in [1.82, 2.24) is 0 Å². The lowest BCUT2D eigenvalue weighted by atomic mass is 10.1. The number of alkyl halides is 2. The summed E-state index contributed by atoms with van der Waals surface area (Å²) in [6, 6.07) is 7.66. The first-order chi connectivity index (χ1) is 8.46. The highest BCUT2D eigenvalue weighted by Crippen LogP contribution is 2.41. The molecule has 0 spiro atoms. The van der Waals surface area contributed by atoms with Gasteiger partial charge in [-0.3, -0.25) is 0 Å². The van der Waals surface area contributed by atoms with Gasteiger partial charge < -0.3 is 5.11 Å². The van der Waals surface area contributed by atoms with E-state index in [2.05, 4.69) is 0 Å². The molecule has 2 rings (SSSR count). The van der Waals surface area contributed by atoms with E-state index in [0.29, 0.717) is 6.42 Å². The van der Waals surface area contributed by atoms with Crippen LogP contribution in [0.5, 0.6) is 0 Å². The van der Waals surface area contributed by atoms with Gasteiger partial charge in [0.15, 0.2) is 0 Å². The molecule has 1 N–H and O–H groups in total. The van der Waals surface area contributed by atoms with Crippen molar-refractivity contribution in [3.8, 4) is 0 Å². The molecule has 0 heterocycles. The predicted molar refractivity (Wildman–Crippen MR) is 70.1 cm³/mol. The summed E-state index contributed by atoms with van der Waals surface area (Å²) in [7, 11) is 0. The van der Waals surface area contributed by atoms with E-state index in [1.54, 1.807) is 18.7 Å². The van der Waals surface area contributed by atoms with Crippen molar-refractivity contribution in [3.63, 3.8) is 0 Å². The molecule has 1 nitrogen and oxygen atoms in total. The number of rotatable bonds is 4. The highest BCUT2D eigenvalue weighted by atomic mass is 32.2. The summed E-state index contributed by atoms with van der Waals surface area (Å²) in [5.41, 5.74) is 0.872. The fraction of sp³-hybridized carbons (Fsp3) is 0.571.